The maximum Gasteiger partial charge on any atom is 0.207 e. The summed E-state index contributed by atoms with van der Waals surface area (Å²) in [5, 5.41) is 4.39. The Morgan fingerprint density at radius 2 is 2.09 bits per heavy atom. The highest BCUT2D eigenvalue weighted by molar-refractivity contribution is 5.92. The van der Waals surface area contributed by atoms with Crippen LogP contribution in [0.1, 0.15) is 18.2 Å². The maximum atomic E-state index is 15.1. The molecule has 0 unspecified atom stereocenters. The number of rotatable bonds is 8. The fraction of sp³-hybridized carbons (Fsp3) is 0.217. The molecule has 0 aromatic carbocycles. The van der Waals surface area contributed by atoms with Crippen LogP contribution in [0, 0.1) is 11.6 Å². The Labute approximate surface area is 196 Å². The Bertz CT molecular complexity index is 1160. The standard InChI is InChI=1S/C23H27F2N9/c1-4-16(3)28-6-5-15(2)21-19(24)9-17(11-29-21)12-30-22-20(25)23(32-14-31-22)33-7-8-34(27)18(10-26)13-33/h4-6,9-11,14H,1-2,7-8,12-13,26-27H2,3H3,(H,30,31,32)/b6-5-,18-10-,28-16?. The molecule has 0 atom stereocenters. The number of aliphatic imine (C=N–C) groups is 1. The first-order chi connectivity index (χ1) is 16.3. The molecule has 0 bridgehead atoms. The fourth-order valence-electron chi connectivity index (χ4n) is 3.14. The van der Waals surface area contributed by atoms with Gasteiger partial charge in [-0.2, -0.15) is 4.39 Å². The number of allylic oxidation sites excluding steroid dienone is 3. The van der Waals surface area contributed by atoms with Crippen LogP contribution in [0.2, 0.25) is 0 Å². The van der Waals surface area contributed by atoms with Gasteiger partial charge in [-0.15, -0.1) is 0 Å². The number of hydrazine groups is 1. The highest BCUT2D eigenvalue weighted by atomic mass is 19.1. The average Bonchev–Trinajstić information content (AvgIpc) is 2.83. The number of nitrogens with zero attached hydrogens (tertiary/aromatic N) is 6. The van der Waals surface area contributed by atoms with Crippen LogP contribution >= 0.6 is 0 Å². The SMILES string of the molecule is C=CC(C)=N/C=C\C(=C)c1ncc(CNc2ncnc(N3CCN(N)/C(=C\N)C3)c2F)cc1F. The van der Waals surface area contributed by atoms with E-state index in [4.69, 9.17) is 11.6 Å². The van der Waals surface area contributed by atoms with Gasteiger partial charge in [-0.1, -0.05) is 13.2 Å². The van der Waals surface area contributed by atoms with E-state index in [1.165, 1.54) is 36.0 Å². The highest BCUT2D eigenvalue weighted by Gasteiger charge is 2.24. The number of piperazine rings is 1. The highest BCUT2D eigenvalue weighted by Crippen LogP contribution is 2.24. The van der Waals surface area contributed by atoms with E-state index in [1.54, 1.807) is 24.0 Å². The minimum atomic E-state index is -0.622. The zero-order chi connectivity index (χ0) is 24.7. The third kappa shape index (κ3) is 5.81. The zero-order valence-corrected chi connectivity index (χ0v) is 18.9. The predicted octanol–water partition coefficient (Wildman–Crippen LogP) is 2.73. The Kier molecular flexibility index (Phi) is 8.04. The fourth-order valence-corrected chi connectivity index (χ4v) is 3.14. The van der Waals surface area contributed by atoms with Gasteiger partial charge < -0.3 is 21.0 Å². The molecular formula is C23H27F2N9. The van der Waals surface area contributed by atoms with E-state index >= 15 is 4.39 Å². The molecule has 1 aliphatic heterocycles. The molecule has 178 valence electrons. The van der Waals surface area contributed by atoms with Crippen LogP contribution in [0.3, 0.4) is 0 Å². The van der Waals surface area contributed by atoms with Gasteiger partial charge in [-0.05, 0) is 36.3 Å². The van der Waals surface area contributed by atoms with Crippen LogP contribution in [-0.2, 0) is 6.54 Å². The molecule has 3 heterocycles. The summed E-state index contributed by atoms with van der Waals surface area (Å²) in [6.45, 7) is 10.6. The summed E-state index contributed by atoms with van der Waals surface area (Å²) in [5.41, 5.74) is 7.94. The number of nitrogens with two attached hydrogens (primary N) is 2. The summed E-state index contributed by atoms with van der Waals surface area (Å²) in [6, 6.07) is 1.31. The lowest BCUT2D eigenvalue weighted by atomic mass is 10.1. The van der Waals surface area contributed by atoms with Gasteiger partial charge in [0, 0.05) is 37.4 Å². The smallest absolute Gasteiger partial charge is 0.207 e. The Hall–Kier alpha value is -4.12. The molecule has 34 heavy (non-hydrogen) atoms. The number of anilines is 2. The van der Waals surface area contributed by atoms with Crippen molar-refractivity contribution in [3.05, 3.63) is 84.9 Å². The van der Waals surface area contributed by atoms with Crippen molar-refractivity contribution in [3.8, 4) is 0 Å². The lowest BCUT2D eigenvalue weighted by Crippen LogP contribution is -2.48. The summed E-state index contributed by atoms with van der Waals surface area (Å²) in [7, 11) is 0. The Morgan fingerprint density at radius 3 is 2.79 bits per heavy atom. The zero-order valence-electron chi connectivity index (χ0n) is 18.9. The molecule has 0 aliphatic carbocycles. The van der Waals surface area contributed by atoms with Crippen LogP contribution in [0.25, 0.3) is 5.57 Å². The van der Waals surface area contributed by atoms with E-state index in [-0.39, 0.29) is 23.9 Å². The molecule has 0 spiro atoms. The van der Waals surface area contributed by atoms with Crippen LogP contribution in [-0.4, -0.2) is 45.3 Å². The van der Waals surface area contributed by atoms with Crippen LogP contribution in [0.5, 0.6) is 0 Å². The van der Waals surface area contributed by atoms with Gasteiger partial charge in [-0.25, -0.2) is 20.2 Å². The molecule has 3 rings (SSSR count). The molecule has 1 fully saturated rings. The molecule has 11 heteroatoms. The first kappa shape index (κ1) is 24.5. The number of aromatic nitrogens is 3. The Balaban J connectivity index is 1.69. The molecule has 9 nitrogen and oxygen atoms in total. The van der Waals surface area contributed by atoms with E-state index in [2.05, 4.69) is 38.4 Å². The van der Waals surface area contributed by atoms with E-state index in [0.717, 1.165) is 5.71 Å². The first-order valence-corrected chi connectivity index (χ1v) is 10.4. The second-order valence-corrected chi connectivity index (χ2v) is 7.48. The molecular weight excluding hydrogens is 440 g/mol. The van der Waals surface area contributed by atoms with Gasteiger partial charge in [0.25, 0.3) is 0 Å². The van der Waals surface area contributed by atoms with Crippen molar-refractivity contribution in [3.63, 3.8) is 0 Å². The molecule has 2 aromatic heterocycles. The minimum absolute atomic E-state index is 0.00858. The number of halogens is 2. The van der Waals surface area contributed by atoms with E-state index in [0.29, 0.717) is 36.5 Å². The summed E-state index contributed by atoms with van der Waals surface area (Å²) in [6.07, 6.45) is 8.80. The van der Waals surface area contributed by atoms with Crippen molar-refractivity contribution in [1.29, 1.82) is 0 Å². The summed E-state index contributed by atoms with van der Waals surface area (Å²) in [4.78, 5) is 18.0. The molecule has 2 aromatic rings. The molecule has 1 saturated heterocycles. The summed E-state index contributed by atoms with van der Waals surface area (Å²) in [5.74, 6) is 4.80. The van der Waals surface area contributed by atoms with Crippen molar-refractivity contribution in [2.24, 2.45) is 16.6 Å². The van der Waals surface area contributed by atoms with Gasteiger partial charge in [-0.3, -0.25) is 9.98 Å². The second-order valence-electron chi connectivity index (χ2n) is 7.48. The third-order valence-electron chi connectivity index (χ3n) is 5.11. The minimum Gasteiger partial charge on any atom is -0.403 e. The molecule has 0 amide bonds. The van der Waals surface area contributed by atoms with Gasteiger partial charge in [0.2, 0.25) is 5.82 Å². The van der Waals surface area contributed by atoms with Crippen LogP contribution < -0.4 is 21.8 Å². The summed E-state index contributed by atoms with van der Waals surface area (Å²) >= 11 is 0. The average molecular weight is 468 g/mol. The second kappa shape index (κ2) is 11.1. The topological polar surface area (TPSA) is 122 Å². The van der Waals surface area contributed by atoms with Gasteiger partial charge in [0.1, 0.15) is 17.8 Å². The van der Waals surface area contributed by atoms with E-state index < -0.39 is 11.6 Å². The summed E-state index contributed by atoms with van der Waals surface area (Å²) < 4.78 is 29.7. The first-order valence-electron chi connectivity index (χ1n) is 10.4. The lowest BCUT2D eigenvalue weighted by molar-refractivity contribution is 0.327. The number of pyridine rings is 1. The van der Waals surface area contributed by atoms with Gasteiger partial charge in [0.05, 0.1) is 18.8 Å². The van der Waals surface area contributed by atoms with E-state index in [1.807, 2.05) is 0 Å². The number of hydrogen-bond donors (Lipinski definition) is 3. The largest absolute Gasteiger partial charge is 0.403 e. The molecule has 1 aliphatic rings. The third-order valence-corrected chi connectivity index (χ3v) is 5.11. The lowest BCUT2D eigenvalue weighted by Gasteiger charge is -2.35. The van der Waals surface area contributed by atoms with Gasteiger partial charge >= 0.3 is 0 Å². The quantitative estimate of drug-likeness (QED) is 0.308. The van der Waals surface area contributed by atoms with Crippen molar-refractivity contribution in [2.75, 3.05) is 29.9 Å². The van der Waals surface area contributed by atoms with E-state index in [9.17, 15) is 4.39 Å². The molecule has 0 radical (unpaired) electrons. The molecule has 0 saturated carbocycles. The Morgan fingerprint density at radius 1 is 1.29 bits per heavy atom. The number of hydrogen-bond acceptors (Lipinski definition) is 9. The predicted molar refractivity (Wildman–Crippen MR) is 130 cm³/mol. The van der Waals surface area contributed by atoms with Crippen molar-refractivity contribution in [2.45, 2.75) is 13.5 Å². The maximum absolute atomic E-state index is 15.1. The van der Waals surface area contributed by atoms with Crippen LogP contribution in [0.15, 0.2) is 67.0 Å². The van der Waals surface area contributed by atoms with Crippen molar-refractivity contribution >= 4 is 22.9 Å². The normalized spacial score (nSPS) is 15.8. The van der Waals surface area contributed by atoms with Gasteiger partial charge in [0.15, 0.2) is 11.6 Å². The van der Waals surface area contributed by atoms with Crippen LogP contribution in [0.4, 0.5) is 20.4 Å². The van der Waals surface area contributed by atoms with Crippen molar-refractivity contribution < 1.29 is 8.78 Å². The molecule has 5 N–H and O–H groups in total. The monoisotopic (exact) mass is 467 g/mol. The van der Waals surface area contributed by atoms with Crippen molar-refractivity contribution in [1.82, 2.24) is 20.0 Å². The number of nitrogens with one attached hydrogen (secondary N) is 1.